The van der Waals surface area contributed by atoms with E-state index < -0.39 is 0 Å². The number of methoxy groups -OCH3 is 1. The molecule has 1 saturated heterocycles. The molecule has 0 unspecified atom stereocenters. The molecular weight excluding hydrogens is 330 g/mol. The van der Waals surface area contributed by atoms with Gasteiger partial charge in [0.1, 0.15) is 5.75 Å². The summed E-state index contributed by atoms with van der Waals surface area (Å²) in [6, 6.07) is 15.0. The van der Waals surface area contributed by atoms with Crippen molar-refractivity contribution in [3.8, 4) is 5.75 Å². The standard InChI is InChI=1S/C20H23N3O3/c1-26-19-10-8-18(9-11-19)22-15-13-21(14-16-22)12-4-6-17-5-2-3-7-20(17)23(24)25/h2-11H,12-16H2,1H3. The number of ether oxygens (including phenoxy) is 1. The van der Waals surface area contributed by atoms with Crippen molar-refractivity contribution in [3.05, 3.63) is 70.3 Å². The summed E-state index contributed by atoms with van der Waals surface area (Å²) in [5.41, 5.74) is 2.00. The van der Waals surface area contributed by atoms with Crippen molar-refractivity contribution in [2.75, 3.05) is 44.7 Å². The van der Waals surface area contributed by atoms with Crippen LogP contribution in [0.1, 0.15) is 5.56 Å². The summed E-state index contributed by atoms with van der Waals surface area (Å²) in [5, 5.41) is 11.0. The Bertz CT molecular complexity index is 766. The molecule has 3 rings (SSSR count). The lowest BCUT2D eigenvalue weighted by molar-refractivity contribution is -0.385. The van der Waals surface area contributed by atoms with Crippen LogP contribution in [0.5, 0.6) is 5.75 Å². The highest BCUT2D eigenvalue weighted by molar-refractivity contribution is 5.60. The second-order valence-electron chi connectivity index (χ2n) is 6.20. The van der Waals surface area contributed by atoms with Crippen molar-refractivity contribution in [2.24, 2.45) is 0 Å². The van der Waals surface area contributed by atoms with Gasteiger partial charge in [-0.1, -0.05) is 24.3 Å². The smallest absolute Gasteiger partial charge is 0.276 e. The van der Waals surface area contributed by atoms with Gasteiger partial charge in [-0.05, 0) is 30.3 Å². The molecule has 0 spiro atoms. The Hall–Kier alpha value is -2.86. The molecule has 1 heterocycles. The van der Waals surface area contributed by atoms with Gasteiger partial charge < -0.3 is 9.64 Å². The van der Waals surface area contributed by atoms with E-state index >= 15 is 0 Å². The number of para-hydroxylation sites is 1. The molecule has 2 aromatic rings. The van der Waals surface area contributed by atoms with E-state index in [1.54, 1.807) is 19.2 Å². The third-order valence-corrected chi connectivity index (χ3v) is 4.60. The molecule has 1 aliphatic rings. The van der Waals surface area contributed by atoms with Crippen molar-refractivity contribution < 1.29 is 9.66 Å². The van der Waals surface area contributed by atoms with Gasteiger partial charge in [0, 0.05) is 44.5 Å². The van der Waals surface area contributed by atoms with Crippen LogP contribution < -0.4 is 9.64 Å². The topological polar surface area (TPSA) is 58.8 Å². The molecule has 0 radical (unpaired) electrons. The van der Waals surface area contributed by atoms with E-state index in [1.165, 1.54) is 11.8 Å². The van der Waals surface area contributed by atoms with Crippen LogP contribution in [0.25, 0.3) is 6.08 Å². The molecule has 1 aliphatic heterocycles. The fourth-order valence-corrected chi connectivity index (χ4v) is 3.11. The van der Waals surface area contributed by atoms with Gasteiger partial charge in [-0.2, -0.15) is 0 Å². The minimum atomic E-state index is -0.340. The van der Waals surface area contributed by atoms with Gasteiger partial charge in [-0.3, -0.25) is 15.0 Å². The second-order valence-corrected chi connectivity index (χ2v) is 6.20. The molecule has 136 valence electrons. The normalized spacial score (nSPS) is 15.3. The van der Waals surface area contributed by atoms with Crippen LogP contribution in [-0.2, 0) is 0 Å². The monoisotopic (exact) mass is 353 g/mol. The summed E-state index contributed by atoms with van der Waals surface area (Å²) < 4.78 is 5.20. The summed E-state index contributed by atoms with van der Waals surface area (Å²) >= 11 is 0. The van der Waals surface area contributed by atoms with Crippen molar-refractivity contribution in [1.82, 2.24) is 4.90 Å². The fourth-order valence-electron chi connectivity index (χ4n) is 3.11. The average Bonchev–Trinajstić information content (AvgIpc) is 2.69. The van der Waals surface area contributed by atoms with Gasteiger partial charge >= 0.3 is 0 Å². The van der Waals surface area contributed by atoms with E-state index in [0.717, 1.165) is 38.5 Å². The molecule has 0 N–H and O–H groups in total. The van der Waals surface area contributed by atoms with Crippen molar-refractivity contribution >= 4 is 17.5 Å². The van der Waals surface area contributed by atoms with Gasteiger partial charge in [-0.25, -0.2) is 0 Å². The first kappa shape index (κ1) is 17.9. The maximum absolute atomic E-state index is 11.0. The lowest BCUT2D eigenvalue weighted by Gasteiger charge is -2.35. The summed E-state index contributed by atoms with van der Waals surface area (Å²) in [4.78, 5) is 15.4. The van der Waals surface area contributed by atoms with Crippen LogP contribution in [-0.4, -0.2) is 49.7 Å². The first-order chi connectivity index (χ1) is 12.7. The molecule has 0 aliphatic carbocycles. The predicted octanol–water partition coefficient (Wildman–Crippen LogP) is 3.44. The highest BCUT2D eigenvalue weighted by Gasteiger charge is 2.16. The van der Waals surface area contributed by atoms with Gasteiger partial charge in [0.15, 0.2) is 0 Å². The lowest BCUT2D eigenvalue weighted by atomic mass is 10.1. The van der Waals surface area contributed by atoms with E-state index in [9.17, 15) is 10.1 Å². The van der Waals surface area contributed by atoms with Crippen LogP contribution >= 0.6 is 0 Å². The number of nitro benzene ring substituents is 1. The number of hydrogen-bond donors (Lipinski definition) is 0. The number of nitrogens with zero attached hydrogens (tertiary/aromatic N) is 3. The van der Waals surface area contributed by atoms with Crippen molar-refractivity contribution in [3.63, 3.8) is 0 Å². The summed E-state index contributed by atoms with van der Waals surface area (Å²) in [5.74, 6) is 0.868. The molecule has 6 nitrogen and oxygen atoms in total. The molecule has 0 bridgehead atoms. The van der Waals surface area contributed by atoms with Crippen LogP contribution in [0.2, 0.25) is 0 Å². The van der Waals surface area contributed by atoms with E-state index in [2.05, 4.69) is 21.9 Å². The molecule has 0 amide bonds. The molecule has 2 aromatic carbocycles. The predicted molar refractivity (Wildman–Crippen MR) is 104 cm³/mol. The van der Waals surface area contributed by atoms with E-state index in [-0.39, 0.29) is 10.6 Å². The van der Waals surface area contributed by atoms with Gasteiger partial charge in [0.05, 0.1) is 17.6 Å². The van der Waals surface area contributed by atoms with Crippen molar-refractivity contribution in [1.29, 1.82) is 0 Å². The first-order valence-corrected chi connectivity index (χ1v) is 8.68. The summed E-state index contributed by atoms with van der Waals surface area (Å²) in [6.07, 6.45) is 3.85. The van der Waals surface area contributed by atoms with Gasteiger partial charge in [0.25, 0.3) is 5.69 Å². The Morgan fingerprint density at radius 1 is 1.08 bits per heavy atom. The van der Waals surface area contributed by atoms with Crippen LogP contribution in [0, 0.1) is 10.1 Å². The third-order valence-electron chi connectivity index (χ3n) is 4.60. The zero-order chi connectivity index (χ0) is 18.4. The number of nitro groups is 1. The zero-order valence-corrected chi connectivity index (χ0v) is 14.9. The van der Waals surface area contributed by atoms with Gasteiger partial charge in [0.2, 0.25) is 0 Å². The van der Waals surface area contributed by atoms with Crippen LogP contribution in [0.4, 0.5) is 11.4 Å². The second kappa shape index (κ2) is 8.49. The van der Waals surface area contributed by atoms with E-state index in [0.29, 0.717) is 5.56 Å². The van der Waals surface area contributed by atoms with Gasteiger partial charge in [-0.15, -0.1) is 0 Å². The summed E-state index contributed by atoms with van der Waals surface area (Å²) in [7, 11) is 1.67. The Balaban J connectivity index is 1.52. The minimum absolute atomic E-state index is 0.146. The number of anilines is 1. The summed E-state index contributed by atoms with van der Waals surface area (Å²) in [6.45, 7) is 4.65. The number of benzene rings is 2. The number of piperazine rings is 1. The maximum atomic E-state index is 11.0. The molecule has 0 atom stereocenters. The molecule has 0 saturated carbocycles. The van der Waals surface area contributed by atoms with Crippen molar-refractivity contribution in [2.45, 2.75) is 0 Å². The quantitative estimate of drug-likeness (QED) is 0.588. The Morgan fingerprint density at radius 2 is 1.77 bits per heavy atom. The molecule has 26 heavy (non-hydrogen) atoms. The maximum Gasteiger partial charge on any atom is 0.276 e. The lowest BCUT2D eigenvalue weighted by Crippen LogP contribution is -2.46. The Morgan fingerprint density at radius 3 is 2.42 bits per heavy atom. The van der Waals surface area contributed by atoms with E-state index in [4.69, 9.17) is 4.74 Å². The first-order valence-electron chi connectivity index (χ1n) is 8.68. The highest BCUT2D eigenvalue weighted by atomic mass is 16.6. The molecule has 0 aromatic heterocycles. The van der Waals surface area contributed by atoms with E-state index in [1.807, 2.05) is 30.4 Å². The Kier molecular flexibility index (Phi) is 5.86. The largest absolute Gasteiger partial charge is 0.497 e. The molecule has 1 fully saturated rings. The minimum Gasteiger partial charge on any atom is -0.497 e. The molecular formula is C20H23N3O3. The number of hydrogen-bond acceptors (Lipinski definition) is 5. The number of rotatable bonds is 6. The van der Waals surface area contributed by atoms with Crippen LogP contribution in [0.15, 0.2) is 54.6 Å². The fraction of sp³-hybridized carbons (Fsp3) is 0.300. The molecule has 6 heteroatoms. The highest BCUT2D eigenvalue weighted by Crippen LogP contribution is 2.21. The SMILES string of the molecule is COc1ccc(N2CCN(CC=Cc3ccccc3[N+](=O)[O-])CC2)cc1. The average molecular weight is 353 g/mol. The third kappa shape index (κ3) is 4.40. The van der Waals surface area contributed by atoms with Crippen LogP contribution in [0.3, 0.4) is 0 Å². The Labute approximate surface area is 153 Å². The zero-order valence-electron chi connectivity index (χ0n) is 14.9.